The van der Waals surface area contributed by atoms with Gasteiger partial charge in [0.1, 0.15) is 0 Å². The van der Waals surface area contributed by atoms with Gasteiger partial charge in [-0.1, -0.05) is 72.8 Å². The van der Waals surface area contributed by atoms with Crippen molar-refractivity contribution in [3.8, 4) is 0 Å². The van der Waals surface area contributed by atoms with Gasteiger partial charge in [-0.2, -0.15) is 0 Å². The number of halogens is 2. The molecule has 1 nitrogen and oxygen atoms in total. The third kappa shape index (κ3) is 4.20. The molecule has 0 aliphatic carbocycles. The van der Waals surface area contributed by atoms with Crippen molar-refractivity contribution in [2.75, 3.05) is 11.4 Å². The van der Waals surface area contributed by atoms with Crippen LogP contribution in [0.3, 0.4) is 0 Å². The lowest BCUT2D eigenvalue weighted by molar-refractivity contribution is 0.608. The molecule has 0 saturated heterocycles. The summed E-state index contributed by atoms with van der Waals surface area (Å²) in [6.45, 7) is 3.36. The normalized spacial score (nSPS) is 12.9. The first kappa shape index (κ1) is 18.3. The van der Waals surface area contributed by atoms with E-state index in [4.69, 9.17) is 0 Å². The summed E-state index contributed by atoms with van der Waals surface area (Å²) in [5.74, 6) is 0. The van der Waals surface area contributed by atoms with Crippen LogP contribution in [0.1, 0.15) is 45.4 Å². The maximum absolute atomic E-state index is 3.73. The van der Waals surface area contributed by atoms with Crippen molar-refractivity contribution >= 4 is 55.0 Å². The van der Waals surface area contributed by atoms with Crippen LogP contribution in [-0.4, -0.2) is 6.54 Å². The van der Waals surface area contributed by atoms with Crippen molar-refractivity contribution in [2.45, 2.75) is 55.2 Å². The van der Waals surface area contributed by atoms with Crippen LogP contribution in [0.2, 0.25) is 0 Å². The second-order valence-corrected chi connectivity index (χ2v) is 9.04. The Hall–Kier alpha value is -0.450. The highest BCUT2D eigenvalue weighted by Gasteiger charge is 2.24. The summed E-state index contributed by atoms with van der Waals surface area (Å²) in [7, 11) is 0. The summed E-state index contributed by atoms with van der Waals surface area (Å²) in [6.07, 6.45) is 7.97. The molecular weight excluding hydrogens is 446 g/mol. The van der Waals surface area contributed by atoms with Crippen LogP contribution in [-0.2, 0) is 0 Å². The zero-order valence-electron chi connectivity index (χ0n) is 14.0. The minimum atomic E-state index is 1.09. The molecule has 0 unspecified atom stereocenters. The van der Waals surface area contributed by atoms with E-state index in [0.717, 1.165) is 11.0 Å². The van der Waals surface area contributed by atoms with Crippen LogP contribution < -0.4 is 4.90 Å². The lowest BCUT2D eigenvalue weighted by atomic mass is 10.1. The summed E-state index contributed by atoms with van der Waals surface area (Å²) in [5, 5.41) is 0. The number of hydrogen-bond acceptors (Lipinski definition) is 2. The fourth-order valence-corrected chi connectivity index (χ4v) is 5.38. The van der Waals surface area contributed by atoms with Crippen molar-refractivity contribution in [3.05, 3.63) is 45.3 Å². The summed E-state index contributed by atoms with van der Waals surface area (Å²) in [5.41, 5.74) is 2.67. The fraction of sp³-hybridized carbons (Fsp3) is 0.400. The van der Waals surface area contributed by atoms with E-state index in [0.29, 0.717) is 0 Å². The van der Waals surface area contributed by atoms with Gasteiger partial charge in [0.15, 0.2) is 0 Å². The van der Waals surface area contributed by atoms with Crippen molar-refractivity contribution in [1.29, 1.82) is 0 Å². The highest BCUT2D eigenvalue weighted by atomic mass is 79.9. The van der Waals surface area contributed by atoms with Crippen molar-refractivity contribution in [3.63, 3.8) is 0 Å². The summed E-state index contributed by atoms with van der Waals surface area (Å²) >= 11 is 9.20. The number of nitrogens with zero attached hydrogens (tertiary/aromatic N) is 1. The minimum Gasteiger partial charge on any atom is -0.340 e. The number of unbranched alkanes of at least 4 members (excludes halogenated alkanes) is 5. The average Bonchev–Trinajstić information content (AvgIpc) is 2.58. The van der Waals surface area contributed by atoms with Gasteiger partial charge in [0.05, 0.1) is 16.3 Å². The lowest BCUT2D eigenvalue weighted by Crippen LogP contribution is -2.22. The number of anilines is 2. The summed E-state index contributed by atoms with van der Waals surface area (Å²) in [4.78, 5) is 5.15. The Morgan fingerprint density at radius 3 is 2.54 bits per heavy atom. The molecule has 1 heterocycles. The Morgan fingerprint density at radius 2 is 1.71 bits per heavy atom. The van der Waals surface area contributed by atoms with Gasteiger partial charge in [0.25, 0.3) is 0 Å². The molecule has 128 valence electrons. The molecule has 0 fully saturated rings. The number of rotatable bonds is 7. The first-order valence-corrected chi connectivity index (χ1v) is 11.1. The lowest BCUT2D eigenvalue weighted by Gasteiger charge is -2.33. The van der Waals surface area contributed by atoms with Gasteiger partial charge in [-0.3, -0.25) is 0 Å². The van der Waals surface area contributed by atoms with Crippen LogP contribution in [0.5, 0.6) is 0 Å². The molecule has 24 heavy (non-hydrogen) atoms. The molecular formula is C20H23Br2NS. The molecule has 0 saturated carbocycles. The Kier molecular flexibility index (Phi) is 6.71. The Balaban J connectivity index is 1.79. The number of benzene rings is 2. The molecule has 4 heteroatoms. The van der Waals surface area contributed by atoms with E-state index in [2.05, 4.69) is 80.1 Å². The van der Waals surface area contributed by atoms with E-state index < -0.39 is 0 Å². The van der Waals surface area contributed by atoms with Gasteiger partial charge in [0, 0.05) is 20.4 Å². The highest BCUT2D eigenvalue weighted by Crippen LogP contribution is 2.51. The van der Waals surface area contributed by atoms with Gasteiger partial charge in [-0.05, 0) is 52.7 Å². The Bertz CT molecular complexity index is 702. The van der Waals surface area contributed by atoms with Crippen molar-refractivity contribution in [1.82, 2.24) is 0 Å². The first-order chi connectivity index (χ1) is 11.7. The van der Waals surface area contributed by atoms with Crippen LogP contribution in [0.15, 0.2) is 55.1 Å². The van der Waals surface area contributed by atoms with Gasteiger partial charge < -0.3 is 4.90 Å². The SMILES string of the molecule is CCCCCCCCN1c2ccc(Br)cc2Sc2c(Br)cccc21. The number of hydrogen-bond donors (Lipinski definition) is 0. The van der Waals surface area contributed by atoms with Gasteiger partial charge in [0.2, 0.25) is 0 Å². The van der Waals surface area contributed by atoms with Crippen molar-refractivity contribution < 1.29 is 0 Å². The minimum absolute atomic E-state index is 1.09. The Morgan fingerprint density at radius 1 is 0.917 bits per heavy atom. The molecule has 2 aromatic rings. The zero-order chi connectivity index (χ0) is 16.9. The fourth-order valence-electron chi connectivity index (χ4n) is 3.13. The molecule has 0 bridgehead atoms. The molecule has 3 rings (SSSR count). The van der Waals surface area contributed by atoms with Crippen molar-refractivity contribution in [2.24, 2.45) is 0 Å². The van der Waals surface area contributed by atoms with E-state index in [1.807, 2.05) is 11.8 Å². The second-order valence-electron chi connectivity index (χ2n) is 6.22. The van der Waals surface area contributed by atoms with Crippen LogP contribution >= 0.6 is 43.6 Å². The molecule has 0 aromatic heterocycles. The molecule has 1 aliphatic rings. The second kappa shape index (κ2) is 8.77. The van der Waals surface area contributed by atoms with E-state index in [1.54, 1.807) is 0 Å². The maximum Gasteiger partial charge on any atom is 0.0564 e. The molecule has 0 radical (unpaired) electrons. The monoisotopic (exact) mass is 467 g/mol. The van der Waals surface area contributed by atoms with Gasteiger partial charge in [-0.25, -0.2) is 0 Å². The predicted octanol–water partition coefficient (Wildman–Crippen LogP) is 8.17. The topological polar surface area (TPSA) is 3.24 Å². The molecule has 0 N–H and O–H groups in total. The van der Waals surface area contributed by atoms with E-state index in [1.165, 1.54) is 64.2 Å². The first-order valence-electron chi connectivity index (χ1n) is 8.74. The molecule has 0 spiro atoms. The van der Waals surface area contributed by atoms with Crippen LogP contribution in [0.4, 0.5) is 11.4 Å². The Labute approximate surface area is 166 Å². The summed E-state index contributed by atoms with van der Waals surface area (Å²) < 4.78 is 2.33. The van der Waals surface area contributed by atoms with Crippen LogP contribution in [0.25, 0.3) is 0 Å². The largest absolute Gasteiger partial charge is 0.340 e. The predicted molar refractivity (Wildman–Crippen MR) is 113 cm³/mol. The third-order valence-electron chi connectivity index (χ3n) is 4.40. The van der Waals surface area contributed by atoms with Gasteiger partial charge >= 0.3 is 0 Å². The third-order valence-corrected chi connectivity index (χ3v) is 6.99. The molecule has 0 atom stereocenters. The standard InChI is InChI=1S/C20H23Br2NS/c1-2-3-4-5-6-7-13-23-17-12-11-15(21)14-19(17)24-20-16(22)9-8-10-18(20)23/h8-12,14H,2-7,13H2,1H3. The molecule has 0 amide bonds. The van der Waals surface area contributed by atoms with E-state index in [-0.39, 0.29) is 0 Å². The zero-order valence-corrected chi connectivity index (χ0v) is 18.0. The average molecular weight is 469 g/mol. The van der Waals surface area contributed by atoms with Crippen LogP contribution in [0, 0.1) is 0 Å². The maximum atomic E-state index is 3.73. The highest BCUT2D eigenvalue weighted by molar-refractivity contribution is 9.10. The smallest absolute Gasteiger partial charge is 0.0564 e. The molecule has 2 aromatic carbocycles. The van der Waals surface area contributed by atoms with E-state index >= 15 is 0 Å². The summed E-state index contributed by atoms with van der Waals surface area (Å²) in [6, 6.07) is 13.1. The van der Waals surface area contributed by atoms with E-state index in [9.17, 15) is 0 Å². The quantitative estimate of drug-likeness (QED) is 0.377. The molecule has 1 aliphatic heterocycles. The number of fused-ring (bicyclic) bond motifs is 2. The van der Waals surface area contributed by atoms with Gasteiger partial charge in [-0.15, -0.1) is 0 Å².